The summed E-state index contributed by atoms with van der Waals surface area (Å²) in [6.07, 6.45) is -1.11. The van der Waals surface area contributed by atoms with Crippen molar-refractivity contribution in [3.63, 3.8) is 0 Å². The second-order valence-corrected chi connectivity index (χ2v) is 5.57. The van der Waals surface area contributed by atoms with E-state index in [1.165, 1.54) is 4.90 Å². The van der Waals surface area contributed by atoms with Crippen LogP contribution in [0.4, 0.5) is 4.79 Å². The van der Waals surface area contributed by atoms with Gasteiger partial charge in [0.25, 0.3) is 0 Å². The van der Waals surface area contributed by atoms with E-state index in [2.05, 4.69) is 0 Å². The summed E-state index contributed by atoms with van der Waals surface area (Å²) in [5.74, 6) is -0.323. The summed E-state index contributed by atoms with van der Waals surface area (Å²) in [6, 6.07) is 0. The number of hydrogen-bond acceptors (Lipinski definition) is 4. The van der Waals surface area contributed by atoms with E-state index in [0.29, 0.717) is 13.1 Å². The number of likely N-dealkylation sites (N-methyl/N-ethyl adjacent to an activating group) is 1. The average Bonchev–Trinajstić information content (AvgIpc) is 2.26. The molecule has 5 nitrogen and oxygen atoms in total. The highest BCUT2D eigenvalue weighted by Gasteiger charge is 2.32. The molecule has 0 spiro atoms. The van der Waals surface area contributed by atoms with E-state index < -0.39 is 21.2 Å². The van der Waals surface area contributed by atoms with E-state index in [0.717, 1.165) is 0 Å². The summed E-state index contributed by atoms with van der Waals surface area (Å²) in [5.41, 5.74) is 0. The number of carbonyl (C=O) groups is 1. The molecule has 1 rings (SSSR count). The molecule has 76 valence electrons. The van der Waals surface area contributed by atoms with Crippen LogP contribution >= 0.6 is 10.7 Å². The zero-order valence-corrected chi connectivity index (χ0v) is 8.64. The van der Waals surface area contributed by atoms with Gasteiger partial charge in [-0.3, -0.25) is 0 Å². The molecule has 0 aromatic rings. The fourth-order valence-electron chi connectivity index (χ4n) is 1.14. The van der Waals surface area contributed by atoms with Crippen molar-refractivity contribution in [2.75, 3.05) is 18.8 Å². The molecule has 0 aromatic heterocycles. The van der Waals surface area contributed by atoms with E-state index in [4.69, 9.17) is 15.4 Å². The van der Waals surface area contributed by atoms with Crippen molar-refractivity contribution in [2.24, 2.45) is 0 Å². The topological polar surface area (TPSA) is 63.7 Å². The Hall–Kier alpha value is -0.490. The summed E-state index contributed by atoms with van der Waals surface area (Å²) in [6.45, 7) is 2.60. The summed E-state index contributed by atoms with van der Waals surface area (Å²) in [7, 11) is 1.42. The Kier molecular flexibility index (Phi) is 3.02. The third-order valence-electron chi connectivity index (χ3n) is 1.72. The van der Waals surface area contributed by atoms with Gasteiger partial charge in [0, 0.05) is 17.2 Å². The van der Waals surface area contributed by atoms with E-state index in [1.807, 2.05) is 0 Å². The molecule has 7 heteroatoms. The number of nitrogens with zero attached hydrogens (tertiary/aromatic N) is 1. The van der Waals surface area contributed by atoms with Crippen LogP contribution in [-0.4, -0.2) is 44.4 Å². The molecule has 1 heterocycles. The highest BCUT2D eigenvalue weighted by Crippen LogP contribution is 2.13. The van der Waals surface area contributed by atoms with Crippen molar-refractivity contribution in [1.29, 1.82) is 0 Å². The van der Waals surface area contributed by atoms with E-state index in [1.54, 1.807) is 6.92 Å². The summed E-state index contributed by atoms with van der Waals surface area (Å²) in [4.78, 5) is 12.4. The summed E-state index contributed by atoms with van der Waals surface area (Å²) < 4.78 is 26.1. The molecule has 0 aliphatic carbocycles. The Morgan fingerprint density at radius 2 is 2.31 bits per heavy atom. The number of hydrogen-bond donors (Lipinski definition) is 0. The number of amides is 1. The van der Waals surface area contributed by atoms with Gasteiger partial charge >= 0.3 is 6.09 Å². The minimum Gasteiger partial charge on any atom is -0.443 e. The molecular weight excluding hydrogens is 218 g/mol. The molecule has 1 saturated heterocycles. The van der Waals surface area contributed by atoms with Gasteiger partial charge in [-0.25, -0.2) is 13.2 Å². The van der Waals surface area contributed by atoms with E-state index >= 15 is 0 Å². The third-order valence-corrected chi connectivity index (χ3v) is 2.86. The molecule has 0 N–H and O–H groups in total. The van der Waals surface area contributed by atoms with Gasteiger partial charge < -0.3 is 9.64 Å². The van der Waals surface area contributed by atoms with E-state index in [-0.39, 0.29) is 5.75 Å². The van der Waals surface area contributed by atoms with Gasteiger partial charge in [0.15, 0.2) is 0 Å². The van der Waals surface area contributed by atoms with Gasteiger partial charge in [-0.05, 0) is 6.92 Å². The fourth-order valence-corrected chi connectivity index (χ4v) is 2.18. The van der Waals surface area contributed by atoms with Crippen LogP contribution in [0.1, 0.15) is 6.92 Å². The van der Waals surface area contributed by atoms with Crippen molar-refractivity contribution in [2.45, 2.75) is 13.0 Å². The first-order valence-electron chi connectivity index (χ1n) is 3.80. The highest BCUT2D eigenvalue weighted by atomic mass is 35.7. The lowest BCUT2D eigenvalue weighted by molar-refractivity contribution is 0.140. The Labute approximate surface area is 81.0 Å². The van der Waals surface area contributed by atoms with Crippen molar-refractivity contribution in [3.8, 4) is 0 Å². The first kappa shape index (κ1) is 10.6. The maximum absolute atomic E-state index is 11.0. The van der Waals surface area contributed by atoms with Crippen LogP contribution in [0.2, 0.25) is 0 Å². The van der Waals surface area contributed by atoms with Gasteiger partial charge in [-0.15, -0.1) is 0 Å². The average molecular weight is 228 g/mol. The van der Waals surface area contributed by atoms with Crippen LogP contribution in [0.25, 0.3) is 0 Å². The normalized spacial score (nSPS) is 23.4. The number of ether oxygens (including phenoxy) is 1. The lowest BCUT2D eigenvalue weighted by atomic mass is 10.4. The van der Waals surface area contributed by atoms with Crippen LogP contribution in [0.3, 0.4) is 0 Å². The van der Waals surface area contributed by atoms with Crippen molar-refractivity contribution in [1.82, 2.24) is 4.90 Å². The van der Waals surface area contributed by atoms with Crippen LogP contribution in [-0.2, 0) is 13.8 Å². The van der Waals surface area contributed by atoms with Crippen molar-refractivity contribution >= 4 is 25.8 Å². The molecular formula is C6H10ClNO4S. The third kappa shape index (κ3) is 3.04. The Morgan fingerprint density at radius 1 is 1.69 bits per heavy atom. The van der Waals surface area contributed by atoms with Gasteiger partial charge in [0.2, 0.25) is 9.05 Å². The first-order valence-corrected chi connectivity index (χ1v) is 6.28. The molecule has 13 heavy (non-hydrogen) atoms. The predicted octanol–water partition coefficient (Wildman–Crippen LogP) is 0.396. The highest BCUT2D eigenvalue weighted by molar-refractivity contribution is 8.13. The van der Waals surface area contributed by atoms with Crippen molar-refractivity contribution in [3.05, 3.63) is 0 Å². The molecule has 1 fully saturated rings. The SMILES string of the molecule is CCN1CC(CS(=O)(=O)Cl)OC1=O. The van der Waals surface area contributed by atoms with E-state index in [9.17, 15) is 13.2 Å². The minimum atomic E-state index is -3.59. The Morgan fingerprint density at radius 3 is 2.69 bits per heavy atom. The Bertz CT molecular complexity index is 302. The lowest BCUT2D eigenvalue weighted by Gasteiger charge is -2.07. The predicted molar refractivity (Wildman–Crippen MR) is 47.2 cm³/mol. The standard InChI is InChI=1S/C6H10ClNO4S/c1-2-8-3-5(12-6(8)9)4-13(7,10)11/h5H,2-4H2,1H3. The molecule has 1 aliphatic heterocycles. The van der Waals surface area contributed by atoms with Crippen LogP contribution in [0, 0.1) is 0 Å². The molecule has 1 amide bonds. The Balaban J connectivity index is 2.54. The minimum absolute atomic E-state index is 0.293. The zero-order valence-electron chi connectivity index (χ0n) is 7.07. The quantitative estimate of drug-likeness (QED) is 0.655. The number of halogens is 1. The van der Waals surface area contributed by atoms with Crippen LogP contribution in [0.5, 0.6) is 0 Å². The van der Waals surface area contributed by atoms with Gasteiger partial charge in [-0.2, -0.15) is 0 Å². The van der Waals surface area contributed by atoms with Gasteiger partial charge in [-0.1, -0.05) is 0 Å². The maximum atomic E-state index is 11.0. The lowest BCUT2D eigenvalue weighted by Crippen LogP contribution is -2.26. The molecule has 1 unspecified atom stereocenters. The van der Waals surface area contributed by atoms with Crippen molar-refractivity contribution < 1.29 is 17.9 Å². The second-order valence-electron chi connectivity index (χ2n) is 2.75. The molecule has 0 saturated carbocycles. The first-order chi connectivity index (χ1) is 5.92. The molecule has 1 atom stereocenters. The number of cyclic esters (lactones) is 1. The molecule has 0 radical (unpaired) electrons. The molecule has 1 aliphatic rings. The largest absolute Gasteiger partial charge is 0.443 e. The van der Waals surface area contributed by atoms with Gasteiger partial charge in [0.05, 0.1) is 6.54 Å². The fraction of sp³-hybridized carbons (Fsp3) is 0.833. The summed E-state index contributed by atoms with van der Waals surface area (Å²) >= 11 is 0. The number of carbonyl (C=O) groups excluding carboxylic acids is 1. The smallest absolute Gasteiger partial charge is 0.410 e. The molecule has 0 aromatic carbocycles. The second kappa shape index (κ2) is 3.71. The maximum Gasteiger partial charge on any atom is 0.410 e. The van der Waals surface area contributed by atoms with Gasteiger partial charge in [0.1, 0.15) is 11.9 Å². The molecule has 0 bridgehead atoms. The van der Waals surface area contributed by atoms with Crippen LogP contribution < -0.4 is 0 Å². The zero-order chi connectivity index (χ0) is 10.1. The monoisotopic (exact) mass is 227 g/mol. The summed E-state index contributed by atoms with van der Waals surface area (Å²) in [5, 5.41) is 0. The van der Waals surface area contributed by atoms with Crippen LogP contribution in [0.15, 0.2) is 0 Å². The number of rotatable bonds is 3.